The molecule has 3 aromatic heterocycles. The summed E-state index contributed by atoms with van der Waals surface area (Å²) in [6, 6.07) is 15.4. The number of aryl methyl sites for hydroxylation is 2. The van der Waals surface area contributed by atoms with E-state index < -0.39 is 0 Å². The highest BCUT2D eigenvalue weighted by molar-refractivity contribution is 6.35. The molecule has 9 heteroatoms. The van der Waals surface area contributed by atoms with Crippen LogP contribution in [0.1, 0.15) is 32.9 Å². The van der Waals surface area contributed by atoms with E-state index in [9.17, 15) is 4.79 Å². The SMILES string of the molecule is Cc1ccc(-c2ccnc3c(C(=O)Nc4c(C)nn(Cc5ccc(Cl)cc5Cl)c4C)cnn23)cc1. The lowest BCUT2D eigenvalue weighted by atomic mass is 10.1. The van der Waals surface area contributed by atoms with E-state index in [0.717, 1.165) is 22.5 Å². The van der Waals surface area contributed by atoms with Gasteiger partial charge in [0.25, 0.3) is 5.91 Å². The summed E-state index contributed by atoms with van der Waals surface area (Å²) in [6.45, 7) is 6.25. The second-order valence-electron chi connectivity index (χ2n) is 8.38. The molecule has 0 saturated carbocycles. The Bertz CT molecular complexity index is 1570. The molecule has 176 valence electrons. The number of amides is 1. The summed E-state index contributed by atoms with van der Waals surface area (Å²) in [6.07, 6.45) is 3.23. The number of rotatable bonds is 5. The maximum absolute atomic E-state index is 13.3. The summed E-state index contributed by atoms with van der Waals surface area (Å²) in [7, 11) is 0. The minimum absolute atomic E-state index is 0.302. The quantitative estimate of drug-likeness (QED) is 0.312. The van der Waals surface area contributed by atoms with Crippen molar-refractivity contribution >= 4 is 40.4 Å². The van der Waals surface area contributed by atoms with Crippen LogP contribution in [0, 0.1) is 20.8 Å². The molecule has 5 aromatic rings. The molecule has 0 atom stereocenters. The van der Waals surface area contributed by atoms with Gasteiger partial charge in [-0.2, -0.15) is 10.2 Å². The standard InChI is InChI=1S/C26H22Cl2N6O/c1-15-4-6-18(7-5-15)23-10-11-29-25-21(13-30-34(23)25)26(35)31-24-16(2)32-33(17(24)3)14-19-8-9-20(27)12-22(19)28/h4-13H,14H2,1-3H3,(H,31,35). The molecule has 2 aromatic carbocycles. The number of hydrogen-bond acceptors (Lipinski definition) is 4. The fraction of sp³-hybridized carbons (Fsp3) is 0.154. The van der Waals surface area contributed by atoms with Crippen molar-refractivity contribution in [1.82, 2.24) is 24.4 Å². The molecule has 5 rings (SSSR count). The van der Waals surface area contributed by atoms with E-state index in [0.29, 0.717) is 39.2 Å². The van der Waals surface area contributed by atoms with E-state index in [1.807, 2.05) is 61.9 Å². The molecule has 1 amide bonds. The zero-order valence-corrected chi connectivity index (χ0v) is 20.9. The molecule has 0 aliphatic heterocycles. The van der Waals surface area contributed by atoms with Gasteiger partial charge in [-0.3, -0.25) is 9.48 Å². The summed E-state index contributed by atoms with van der Waals surface area (Å²) in [5.41, 5.74) is 6.93. The first-order valence-electron chi connectivity index (χ1n) is 11.0. The third-order valence-electron chi connectivity index (χ3n) is 5.95. The number of aromatic nitrogens is 5. The fourth-order valence-electron chi connectivity index (χ4n) is 4.02. The molecule has 0 saturated heterocycles. The van der Waals surface area contributed by atoms with Crippen LogP contribution in [0.4, 0.5) is 5.69 Å². The van der Waals surface area contributed by atoms with Crippen LogP contribution in [0.15, 0.2) is 60.9 Å². The molecule has 3 heterocycles. The monoisotopic (exact) mass is 504 g/mol. The molecule has 0 aliphatic carbocycles. The smallest absolute Gasteiger partial charge is 0.261 e. The van der Waals surface area contributed by atoms with E-state index >= 15 is 0 Å². The van der Waals surface area contributed by atoms with Crippen molar-refractivity contribution in [1.29, 1.82) is 0 Å². The van der Waals surface area contributed by atoms with Crippen LogP contribution in [0.3, 0.4) is 0 Å². The summed E-state index contributed by atoms with van der Waals surface area (Å²) >= 11 is 12.4. The molecular formula is C26H22Cl2N6O. The molecular weight excluding hydrogens is 483 g/mol. The Hall–Kier alpha value is -3.68. The zero-order chi connectivity index (χ0) is 24.7. The van der Waals surface area contributed by atoms with Crippen molar-refractivity contribution in [2.45, 2.75) is 27.3 Å². The molecule has 1 N–H and O–H groups in total. The van der Waals surface area contributed by atoms with Gasteiger partial charge in [-0.05, 0) is 44.5 Å². The lowest BCUT2D eigenvalue weighted by Gasteiger charge is -2.09. The third kappa shape index (κ3) is 4.40. The van der Waals surface area contributed by atoms with Gasteiger partial charge in [-0.25, -0.2) is 9.50 Å². The lowest BCUT2D eigenvalue weighted by Crippen LogP contribution is -2.13. The number of nitrogens with one attached hydrogen (secondary N) is 1. The molecule has 7 nitrogen and oxygen atoms in total. The minimum atomic E-state index is -0.302. The highest BCUT2D eigenvalue weighted by Crippen LogP contribution is 2.26. The number of benzene rings is 2. The van der Waals surface area contributed by atoms with Crippen molar-refractivity contribution in [3.8, 4) is 11.3 Å². The van der Waals surface area contributed by atoms with E-state index in [1.54, 1.807) is 22.8 Å². The number of hydrogen-bond donors (Lipinski definition) is 1. The Kier molecular flexibility index (Phi) is 6.05. The largest absolute Gasteiger partial charge is 0.319 e. The molecule has 35 heavy (non-hydrogen) atoms. The third-order valence-corrected chi connectivity index (χ3v) is 6.54. The number of fused-ring (bicyclic) bond motifs is 1. The Labute approximate surface area is 212 Å². The van der Waals surface area contributed by atoms with Crippen LogP contribution in [0.2, 0.25) is 10.0 Å². The highest BCUT2D eigenvalue weighted by Gasteiger charge is 2.20. The normalized spacial score (nSPS) is 11.2. The Morgan fingerprint density at radius 1 is 1.03 bits per heavy atom. The van der Waals surface area contributed by atoms with Gasteiger partial charge in [0, 0.05) is 21.8 Å². The predicted molar refractivity (Wildman–Crippen MR) is 138 cm³/mol. The fourth-order valence-corrected chi connectivity index (χ4v) is 4.49. The minimum Gasteiger partial charge on any atom is -0.319 e. The first kappa shape index (κ1) is 23.1. The first-order valence-corrected chi connectivity index (χ1v) is 11.8. The summed E-state index contributed by atoms with van der Waals surface area (Å²) in [5.74, 6) is -0.302. The van der Waals surface area contributed by atoms with E-state index in [1.165, 1.54) is 11.8 Å². The molecule has 0 spiro atoms. The van der Waals surface area contributed by atoms with E-state index in [4.69, 9.17) is 23.2 Å². The van der Waals surface area contributed by atoms with Gasteiger partial charge in [0.15, 0.2) is 5.65 Å². The first-order chi connectivity index (χ1) is 16.8. The zero-order valence-electron chi connectivity index (χ0n) is 19.4. The van der Waals surface area contributed by atoms with Gasteiger partial charge < -0.3 is 5.32 Å². The number of carbonyl (C=O) groups is 1. The molecule has 0 bridgehead atoms. The topological polar surface area (TPSA) is 77.1 Å². The van der Waals surface area contributed by atoms with Crippen LogP contribution in [0.5, 0.6) is 0 Å². The van der Waals surface area contributed by atoms with Crippen molar-refractivity contribution in [3.05, 3.63) is 99.0 Å². The van der Waals surface area contributed by atoms with Gasteiger partial charge in [0.05, 0.1) is 35.5 Å². The van der Waals surface area contributed by atoms with Crippen molar-refractivity contribution in [2.75, 3.05) is 5.32 Å². The van der Waals surface area contributed by atoms with Gasteiger partial charge in [-0.1, -0.05) is 59.1 Å². The van der Waals surface area contributed by atoms with Crippen LogP contribution >= 0.6 is 23.2 Å². The lowest BCUT2D eigenvalue weighted by molar-refractivity contribution is 0.102. The number of carbonyl (C=O) groups excluding carboxylic acids is 1. The van der Waals surface area contributed by atoms with Gasteiger partial charge in [0.1, 0.15) is 5.56 Å². The highest BCUT2D eigenvalue weighted by atomic mass is 35.5. The van der Waals surface area contributed by atoms with Crippen LogP contribution < -0.4 is 5.32 Å². The maximum Gasteiger partial charge on any atom is 0.261 e. The Balaban J connectivity index is 1.44. The second-order valence-corrected chi connectivity index (χ2v) is 9.23. The van der Waals surface area contributed by atoms with E-state index in [2.05, 4.69) is 20.5 Å². The molecule has 0 radical (unpaired) electrons. The average Bonchev–Trinajstić information content (AvgIpc) is 3.38. The van der Waals surface area contributed by atoms with Crippen LogP contribution in [-0.2, 0) is 6.54 Å². The van der Waals surface area contributed by atoms with Gasteiger partial charge >= 0.3 is 0 Å². The average molecular weight is 505 g/mol. The predicted octanol–water partition coefficient (Wildman–Crippen LogP) is 6.13. The number of anilines is 1. The van der Waals surface area contributed by atoms with Crippen molar-refractivity contribution in [2.24, 2.45) is 0 Å². The Morgan fingerprint density at radius 3 is 2.54 bits per heavy atom. The van der Waals surface area contributed by atoms with E-state index in [-0.39, 0.29) is 5.91 Å². The van der Waals surface area contributed by atoms with Gasteiger partial charge in [-0.15, -0.1) is 0 Å². The maximum atomic E-state index is 13.3. The summed E-state index contributed by atoms with van der Waals surface area (Å²) in [5, 5.41) is 13.2. The van der Waals surface area contributed by atoms with Crippen molar-refractivity contribution in [3.63, 3.8) is 0 Å². The second kappa shape index (κ2) is 9.17. The van der Waals surface area contributed by atoms with Crippen LogP contribution in [0.25, 0.3) is 16.9 Å². The summed E-state index contributed by atoms with van der Waals surface area (Å²) in [4.78, 5) is 17.7. The molecule has 0 fully saturated rings. The van der Waals surface area contributed by atoms with Crippen LogP contribution in [-0.4, -0.2) is 30.3 Å². The number of nitrogens with zero attached hydrogens (tertiary/aromatic N) is 5. The molecule has 0 unspecified atom stereocenters. The summed E-state index contributed by atoms with van der Waals surface area (Å²) < 4.78 is 3.50. The van der Waals surface area contributed by atoms with Gasteiger partial charge in [0.2, 0.25) is 0 Å². The number of halogens is 2. The Morgan fingerprint density at radius 2 is 1.80 bits per heavy atom. The molecule has 0 aliphatic rings. The van der Waals surface area contributed by atoms with Crippen molar-refractivity contribution < 1.29 is 4.79 Å².